The zero-order valence-electron chi connectivity index (χ0n) is 20.8. The monoisotopic (exact) mass is 406 g/mol. The molecule has 0 saturated carbocycles. The Kier molecular flexibility index (Phi) is 27.5. The van der Waals surface area contributed by atoms with Gasteiger partial charge in [-0.2, -0.15) is 0 Å². The molecule has 0 amide bonds. The van der Waals surface area contributed by atoms with Crippen LogP contribution in [0.5, 0.6) is 0 Å². The quantitative estimate of drug-likeness (QED) is 0.104. The predicted octanol–water partition coefficient (Wildman–Crippen LogP) is 11.3. The van der Waals surface area contributed by atoms with Gasteiger partial charge >= 0.3 is 0 Å². The van der Waals surface area contributed by atoms with E-state index in [1.807, 2.05) is 0 Å². The minimum absolute atomic E-state index is 1.29. The van der Waals surface area contributed by atoms with E-state index in [2.05, 4.69) is 26.0 Å². The van der Waals surface area contributed by atoms with Crippen LogP contribution in [0.2, 0.25) is 0 Å². The zero-order chi connectivity index (χ0) is 21.1. The molecule has 0 aromatic heterocycles. The molecule has 0 aromatic rings. The smallest absolute Gasteiger partial charge is 0.0351 e. The topological polar surface area (TPSA) is 0 Å². The van der Waals surface area contributed by atoms with Crippen molar-refractivity contribution < 1.29 is 0 Å². The molecule has 0 aromatic carbocycles. The molecule has 0 saturated heterocycles. The second kappa shape index (κ2) is 27.7. The van der Waals surface area contributed by atoms with Crippen molar-refractivity contribution in [1.82, 2.24) is 0 Å². The largest absolute Gasteiger partial charge is 0.0885 e. The first kappa shape index (κ1) is 28.7. The van der Waals surface area contributed by atoms with Crippen molar-refractivity contribution in [3.05, 3.63) is 12.2 Å². The Bertz CT molecular complexity index is 290. The molecular weight excluding hydrogens is 348 g/mol. The van der Waals surface area contributed by atoms with Gasteiger partial charge in [0, 0.05) is 0 Å². The highest BCUT2D eigenvalue weighted by Gasteiger charge is 1.95. The molecule has 0 heterocycles. The van der Waals surface area contributed by atoms with E-state index < -0.39 is 0 Å². The van der Waals surface area contributed by atoms with Crippen molar-refractivity contribution >= 4 is 0 Å². The molecule has 0 rings (SSSR count). The molecule has 0 bridgehead atoms. The van der Waals surface area contributed by atoms with Gasteiger partial charge in [-0.25, -0.2) is 0 Å². The van der Waals surface area contributed by atoms with E-state index in [0.29, 0.717) is 0 Å². The van der Waals surface area contributed by atoms with Gasteiger partial charge in [-0.15, -0.1) is 0 Å². The molecule has 0 spiro atoms. The lowest BCUT2D eigenvalue weighted by atomic mass is 10.0. The Morgan fingerprint density at radius 2 is 0.517 bits per heavy atom. The highest BCUT2D eigenvalue weighted by atomic mass is 14.0. The number of allylic oxidation sites excluding steroid dienone is 2. The Hall–Kier alpha value is -0.260. The lowest BCUT2D eigenvalue weighted by Crippen LogP contribution is -1.84. The van der Waals surface area contributed by atoms with E-state index in [1.54, 1.807) is 0 Å². The van der Waals surface area contributed by atoms with Crippen LogP contribution < -0.4 is 0 Å². The molecule has 0 unspecified atom stereocenters. The van der Waals surface area contributed by atoms with E-state index in [9.17, 15) is 0 Å². The molecule has 0 N–H and O–H groups in total. The molecule has 0 nitrogen and oxygen atoms in total. The Balaban J connectivity index is 3.01. The van der Waals surface area contributed by atoms with Crippen LogP contribution in [0.15, 0.2) is 12.2 Å². The van der Waals surface area contributed by atoms with Crippen molar-refractivity contribution in [3.8, 4) is 0 Å². The molecule has 0 heteroatoms. The van der Waals surface area contributed by atoms with E-state index in [4.69, 9.17) is 0 Å². The predicted molar refractivity (Wildman–Crippen MR) is 136 cm³/mol. The lowest BCUT2D eigenvalue weighted by molar-refractivity contribution is 0.520. The summed E-state index contributed by atoms with van der Waals surface area (Å²) < 4.78 is 0. The Morgan fingerprint density at radius 1 is 0.276 bits per heavy atom. The Labute approximate surface area is 186 Å². The average molecular weight is 407 g/mol. The molecule has 0 aliphatic rings. The summed E-state index contributed by atoms with van der Waals surface area (Å²) in [5.41, 5.74) is 0. The van der Waals surface area contributed by atoms with Crippen molar-refractivity contribution in [2.24, 2.45) is 0 Å². The molecule has 0 atom stereocenters. The molecule has 0 radical (unpaired) electrons. The van der Waals surface area contributed by atoms with Crippen LogP contribution in [0, 0.1) is 0 Å². The van der Waals surface area contributed by atoms with Crippen LogP contribution in [-0.4, -0.2) is 0 Å². The summed E-state index contributed by atoms with van der Waals surface area (Å²) in [6.07, 6.45) is 40.9. The summed E-state index contributed by atoms with van der Waals surface area (Å²) in [5.74, 6) is 0. The number of rotatable bonds is 25. The number of hydrogen-bond acceptors (Lipinski definition) is 0. The highest BCUT2D eigenvalue weighted by molar-refractivity contribution is 4.81. The first-order chi connectivity index (χ1) is 14.4. The van der Waals surface area contributed by atoms with Crippen LogP contribution in [0.3, 0.4) is 0 Å². The SMILES string of the molecule is CCCC/C=C/CCCCCCCCCCCCCCCCCCCCCCC. The summed E-state index contributed by atoms with van der Waals surface area (Å²) in [4.78, 5) is 0. The molecule has 0 aliphatic heterocycles. The van der Waals surface area contributed by atoms with Gasteiger partial charge in [0.25, 0.3) is 0 Å². The Morgan fingerprint density at radius 3 is 0.828 bits per heavy atom. The maximum atomic E-state index is 2.41. The van der Waals surface area contributed by atoms with E-state index in [-0.39, 0.29) is 0 Å². The van der Waals surface area contributed by atoms with Crippen molar-refractivity contribution in [2.45, 2.75) is 174 Å². The van der Waals surface area contributed by atoms with Gasteiger partial charge in [0.2, 0.25) is 0 Å². The normalized spacial score (nSPS) is 11.7. The first-order valence-electron chi connectivity index (χ1n) is 14.1. The van der Waals surface area contributed by atoms with Gasteiger partial charge in [-0.3, -0.25) is 0 Å². The van der Waals surface area contributed by atoms with Crippen LogP contribution >= 0.6 is 0 Å². The average Bonchev–Trinajstić information content (AvgIpc) is 2.74. The van der Waals surface area contributed by atoms with E-state index in [0.717, 1.165) is 0 Å². The van der Waals surface area contributed by atoms with Crippen LogP contribution in [0.1, 0.15) is 174 Å². The third-order valence-electron chi connectivity index (χ3n) is 6.37. The summed E-state index contributed by atoms with van der Waals surface area (Å²) in [7, 11) is 0. The lowest BCUT2D eigenvalue weighted by Gasteiger charge is -2.04. The molecule has 174 valence electrons. The minimum Gasteiger partial charge on any atom is -0.0885 e. The van der Waals surface area contributed by atoms with Gasteiger partial charge < -0.3 is 0 Å². The maximum absolute atomic E-state index is 2.41. The van der Waals surface area contributed by atoms with Gasteiger partial charge in [-0.05, 0) is 19.3 Å². The number of unbranched alkanes of at least 4 members (excludes halogenated alkanes) is 23. The summed E-state index contributed by atoms with van der Waals surface area (Å²) in [6.45, 7) is 4.57. The fraction of sp³-hybridized carbons (Fsp3) is 0.931. The minimum atomic E-state index is 1.29. The number of hydrogen-bond donors (Lipinski definition) is 0. The third-order valence-corrected chi connectivity index (χ3v) is 6.37. The maximum Gasteiger partial charge on any atom is -0.0351 e. The van der Waals surface area contributed by atoms with Crippen molar-refractivity contribution in [1.29, 1.82) is 0 Å². The van der Waals surface area contributed by atoms with Gasteiger partial charge in [0.15, 0.2) is 0 Å². The third kappa shape index (κ3) is 27.7. The van der Waals surface area contributed by atoms with E-state index in [1.165, 1.54) is 161 Å². The molecule has 29 heavy (non-hydrogen) atoms. The van der Waals surface area contributed by atoms with E-state index >= 15 is 0 Å². The zero-order valence-corrected chi connectivity index (χ0v) is 20.8. The first-order valence-corrected chi connectivity index (χ1v) is 14.1. The van der Waals surface area contributed by atoms with Crippen LogP contribution in [0.25, 0.3) is 0 Å². The summed E-state index contributed by atoms with van der Waals surface area (Å²) >= 11 is 0. The molecule has 0 aliphatic carbocycles. The van der Waals surface area contributed by atoms with Crippen LogP contribution in [-0.2, 0) is 0 Å². The van der Waals surface area contributed by atoms with Gasteiger partial charge in [0.1, 0.15) is 0 Å². The van der Waals surface area contributed by atoms with Crippen LogP contribution in [0.4, 0.5) is 0 Å². The molecule has 0 fully saturated rings. The highest BCUT2D eigenvalue weighted by Crippen LogP contribution is 2.15. The van der Waals surface area contributed by atoms with Gasteiger partial charge in [0.05, 0.1) is 0 Å². The fourth-order valence-corrected chi connectivity index (χ4v) is 4.25. The fourth-order valence-electron chi connectivity index (χ4n) is 4.25. The standard InChI is InChI=1S/C29H58/c1-3-5-7-9-11-13-15-17-19-21-23-25-27-29-28-26-24-22-20-18-16-14-12-10-8-6-4-2/h9,11H,3-8,10,12-29H2,1-2H3/b11-9+. The molecular formula is C29H58. The second-order valence-electron chi connectivity index (χ2n) is 9.47. The summed E-state index contributed by atoms with van der Waals surface area (Å²) in [5, 5.41) is 0. The second-order valence-corrected chi connectivity index (χ2v) is 9.47. The van der Waals surface area contributed by atoms with Gasteiger partial charge in [-0.1, -0.05) is 167 Å². The summed E-state index contributed by atoms with van der Waals surface area (Å²) in [6, 6.07) is 0. The van der Waals surface area contributed by atoms with Crippen molar-refractivity contribution in [3.63, 3.8) is 0 Å². The van der Waals surface area contributed by atoms with Crippen molar-refractivity contribution in [2.75, 3.05) is 0 Å².